The molecule has 2 aliphatic rings. The van der Waals surface area contributed by atoms with Gasteiger partial charge >= 0.3 is 0 Å². The Kier molecular flexibility index (Phi) is 2.89. The van der Waals surface area contributed by atoms with Gasteiger partial charge in [-0.1, -0.05) is 24.3 Å². The van der Waals surface area contributed by atoms with E-state index in [1.165, 1.54) is 22.4 Å². The van der Waals surface area contributed by atoms with Crippen LogP contribution < -0.4 is 4.90 Å². The van der Waals surface area contributed by atoms with Gasteiger partial charge in [-0.25, -0.2) is 0 Å². The Labute approximate surface area is 125 Å². The summed E-state index contributed by atoms with van der Waals surface area (Å²) in [6, 6.07) is 14.9. The minimum atomic E-state index is 0.365. The molecule has 1 unspecified atom stereocenters. The van der Waals surface area contributed by atoms with Crippen LogP contribution in [-0.4, -0.2) is 36.7 Å². The van der Waals surface area contributed by atoms with Crippen molar-refractivity contribution in [3.8, 4) is 5.75 Å². The Morgan fingerprint density at radius 2 is 1.90 bits per heavy atom. The van der Waals surface area contributed by atoms with Crippen LogP contribution in [0, 0.1) is 0 Å². The largest absolute Gasteiger partial charge is 0.508 e. The molecule has 1 fully saturated rings. The fraction of sp³-hybridized carbons (Fsp3) is 0.333. The summed E-state index contributed by atoms with van der Waals surface area (Å²) >= 11 is 0. The predicted molar refractivity (Wildman–Crippen MR) is 84.9 cm³/mol. The van der Waals surface area contributed by atoms with Crippen LogP contribution in [0.15, 0.2) is 42.5 Å². The molecule has 0 saturated carbocycles. The highest BCUT2D eigenvalue weighted by Crippen LogP contribution is 2.39. The third-order valence-electron chi connectivity index (χ3n) is 4.75. The number of benzene rings is 2. The van der Waals surface area contributed by atoms with E-state index >= 15 is 0 Å². The van der Waals surface area contributed by atoms with Gasteiger partial charge in [-0.15, -0.1) is 0 Å². The van der Waals surface area contributed by atoms with E-state index in [0.717, 1.165) is 26.1 Å². The number of rotatable bonds is 0. The number of para-hydroxylation sites is 1. The van der Waals surface area contributed by atoms with Crippen LogP contribution in [-0.2, 0) is 6.42 Å². The molecule has 2 aromatic rings. The van der Waals surface area contributed by atoms with Crippen LogP contribution in [0.2, 0.25) is 0 Å². The highest BCUT2D eigenvalue weighted by molar-refractivity contribution is 5.61. The zero-order valence-electron chi connectivity index (χ0n) is 12.3. The average molecular weight is 280 g/mol. The number of aromatic hydroxyl groups is 1. The lowest BCUT2D eigenvalue weighted by molar-refractivity contribution is 0.269. The summed E-state index contributed by atoms with van der Waals surface area (Å²) < 4.78 is 0. The third-order valence-corrected chi connectivity index (χ3v) is 4.75. The maximum absolute atomic E-state index is 9.85. The summed E-state index contributed by atoms with van der Waals surface area (Å²) in [7, 11) is 2.19. The first-order valence-electron chi connectivity index (χ1n) is 7.57. The van der Waals surface area contributed by atoms with Crippen LogP contribution in [0.1, 0.15) is 22.7 Å². The van der Waals surface area contributed by atoms with Crippen LogP contribution in [0.3, 0.4) is 0 Å². The molecule has 108 valence electrons. The normalized spacial score (nSPS) is 21.2. The smallest absolute Gasteiger partial charge is 0.115 e. The van der Waals surface area contributed by atoms with Crippen molar-refractivity contribution in [1.29, 1.82) is 0 Å². The molecular formula is C18H20N2O. The quantitative estimate of drug-likeness (QED) is 0.804. The van der Waals surface area contributed by atoms with E-state index < -0.39 is 0 Å². The van der Waals surface area contributed by atoms with Gasteiger partial charge in [-0.05, 0) is 48.4 Å². The number of phenolic OH excluding ortho intramolecular Hbond substituents is 1. The lowest BCUT2D eigenvalue weighted by Gasteiger charge is -2.41. The molecule has 0 spiro atoms. The summed E-state index contributed by atoms with van der Waals surface area (Å²) in [5, 5.41) is 9.85. The molecule has 0 radical (unpaired) electrons. The number of likely N-dealkylation sites (N-methyl/N-ethyl adjacent to an activating group) is 1. The molecule has 0 aliphatic carbocycles. The maximum Gasteiger partial charge on any atom is 0.115 e. The van der Waals surface area contributed by atoms with E-state index in [1.54, 1.807) is 0 Å². The van der Waals surface area contributed by atoms with Crippen molar-refractivity contribution in [1.82, 2.24) is 4.90 Å². The van der Waals surface area contributed by atoms with Gasteiger partial charge in [0.25, 0.3) is 0 Å². The molecule has 3 heteroatoms. The number of phenols is 1. The van der Waals surface area contributed by atoms with Gasteiger partial charge in [0.2, 0.25) is 0 Å². The zero-order valence-corrected chi connectivity index (χ0v) is 12.3. The molecule has 2 aliphatic heterocycles. The van der Waals surface area contributed by atoms with Gasteiger partial charge in [-0.3, -0.25) is 0 Å². The van der Waals surface area contributed by atoms with E-state index in [0.29, 0.717) is 11.8 Å². The average Bonchev–Trinajstić information content (AvgIpc) is 2.60. The zero-order chi connectivity index (χ0) is 14.4. The monoisotopic (exact) mass is 280 g/mol. The minimum absolute atomic E-state index is 0.365. The third kappa shape index (κ3) is 2.09. The van der Waals surface area contributed by atoms with Crippen molar-refractivity contribution < 1.29 is 5.11 Å². The molecule has 4 rings (SSSR count). The summed E-state index contributed by atoms with van der Waals surface area (Å²) in [4.78, 5) is 4.93. The van der Waals surface area contributed by atoms with Crippen molar-refractivity contribution in [2.24, 2.45) is 0 Å². The Bertz CT molecular complexity index is 683. The van der Waals surface area contributed by atoms with Crippen LogP contribution in [0.5, 0.6) is 5.75 Å². The minimum Gasteiger partial charge on any atom is -0.508 e. The fourth-order valence-electron chi connectivity index (χ4n) is 3.69. The van der Waals surface area contributed by atoms with E-state index in [-0.39, 0.29) is 0 Å². The number of hydrogen-bond acceptors (Lipinski definition) is 3. The first-order chi connectivity index (χ1) is 10.2. The Morgan fingerprint density at radius 1 is 1.05 bits per heavy atom. The van der Waals surface area contributed by atoms with Crippen molar-refractivity contribution >= 4 is 5.69 Å². The first kappa shape index (κ1) is 12.7. The van der Waals surface area contributed by atoms with Crippen molar-refractivity contribution in [3.05, 3.63) is 59.2 Å². The second-order valence-corrected chi connectivity index (χ2v) is 6.16. The number of nitrogens with zero attached hydrogens (tertiary/aromatic N) is 2. The molecule has 1 N–H and O–H groups in total. The molecule has 0 aromatic heterocycles. The summed E-state index contributed by atoms with van der Waals surface area (Å²) in [6.07, 6.45) is 0.899. The van der Waals surface area contributed by atoms with Crippen LogP contribution >= 0.6 is 0 Å². The molecule has 0 amide bonds. The number of fused-ring (bicyclic) bond motifs is 5. The van der Waals surface area contributed by atoms with Crippen LogP contribution in [0.25, 0.3) is 0 Å². The van der Waals surface area contributed by atoms with Crippen molar-refractivity contribution in [2.45, 2.75) is 12.5 Å². The molecule has 0 bridgehead atoms. The van der Waals surface area contributed by atoms with E-state index in [2.05, 4.69) is 47.2 Å². The lowest BCUT2D eigenvalue weighted by Crippen LogP contribution is -2.46. The molecule has 1 atom stereocenters. The standard InChI is InChI=1S/C18H20N2O/c1-19-8-9-20-17-5-3-2-4-13(17)10-14-11-15(21)6-7-16(14)18(20)12-19/h2-7,11,18,21H,8-10,12H2,1H3. The fourth-order valence-corrected chi connectivity index (χ4v) is 3.69. The second-order valence-electron chi connectivity index (χ2n) is 6.16. The Hall–Kier alpha value is -2.00. The molecule has 1 saturated heterocycles. The van der Waals surface area contributed by atoms with Gasteiger partial charge in [0.15, 0.2) is 0 Å². The lowest BCUT2D eigenvalue weighted by atomic mass is 9.96. The predicted octanol–water partition coefficient (Wildman–Crippen LogP) is 2.79. The summed E-state index contributed by atoms with van der Waals surface area (Å²) in [5.41, 5.74) is 5.32. The molecule has 3 nitrogen and oxygen atoms in total. The highest BCUT2D eigenvalue weighted by atomic mass is 16.3. The van der Waals surface area contributed by atoms with Gasteiger partial charge in [-0.2, -0.15) is 0 Å². The highest BCUT2D eigenvalue weighted by Gasteiger charge is 2.32. The van der Waals surface area contributed by atoms with Gasteiger partial charge in [0, 0.05) is 25.3 Å². The number of anilines is 1. The number of piperazine rings is 1. The molecule has 2 aromatic carbocycles. The van der Waals surface area contributed by atoms with Gasteiger partial charge in [0.05, 0.1) is 6.04 Å². The Morgan fingerprint density at radius 3 is 2.81 bits per heavy atom. The number of hydrogen-bond donors (Lipinski definition) is 1. The van der Waals surface area contributed by atoms with Crippen LogP contribution in [0.4, 0.5) is 5.69 Å². The molecule has 21 heavy (non-hydrogen) atoms. The molecular weight excluding hydrogens is 260 g/mol. The van der Waals surface area contributed by atoms with E-state index in [9.17, 15) is 5.11 Å². The SMILES string of the molecule is CN1CCN2c3ccccc3Cc3cc(O)ccc3C2C1. The van der Waals surface area contributed by atoms with E-state index in [4.69, 9.17) is 0 Å². The summed E-state index contributed by atoms with van der Waals surface area (Å²) in [5.74, 6) is 0.365. The van der Waals surface area contributed by atoms with Crippen molar-refractivity contribution in [3.63, 3.8) is 0 Å². The van der Waals surface area contributed by atoms with E-state index in [1.807, 2.05) is 12.1 Å². The summed E-state index contributed by atoms with van der Waals surface area (Å²) in [6.45, 7) is 3.18. The van der Waals surface area contributed by atoms with Crippen molar-refractivity contribution in [2.75, 3.05) is 31.6 Å². The topological polar surface area (TPSA) is 26.7 Å². The molecule has 2 heterocycles. The van der Waals surface area contributed by atoms with Gasteiger partial charge < -0.3 is 14.9 Å². The second kappa shape index (κ2) is 4.78. The first-order valence-corrected chi connectivity index (χ1v) is 7.57. The Balaban J connectivity index is 1.91. The van der Waals surface area contributed by atoms with Gasteiger partial charge in [0.1, 0.15) is 5.75 Å². The maximum atomic E-state index is 9.85.